The second-order valence-electron chi connectivity index (χ2n) is 4.18. The normalized spacial score (nSPS) is 10.5. The van der Waals surface area contributed by atoms with Gasteiger partial charge in [-0.25, -0.2) is 9.67 Å². The lowest BCUT2D eigenvalue weighted by Crippen LogP contribution is -2.15. The molecule has 0 atom stereocenters. The molecule has 3 rings (SSSR count). The minimum absolute atomic E-state index is 0.233. The van der Waals surface area contributed by atoms with Gasteiger partial charge >= 0.3 is 0 Å². The number of carbonyl (C=O) groups excluding carboxylic acids is 1. The number of pyridine rings is 1. The summed E-state index contributed by atoms with van der Waals surface area (Å²) in [6.45, 7) is 1.94. The summed E-state index contributed by atoms with van der Waals surface area (Å²) in [6.07, 6.45) is 5.74. The Bertz CT molecular complexity index is 752. The summed E-state index contributed by atoms with van der Waals surface area (Å²) in [6, 6.07) is 5.33. The number of anilines is 1. The van der Waals surface area contributed by atoms with Crippen molar-refractivity contribution in [1.82, 2.24) is 24.4 Å². The third-order valence-corrected chi connectivity index (χ3v) is 3.62. The Labute approximate surface area is 124 Å². The van der Waals surface area contributed by atoms with Crippen LogP contribution >= 0.6 is 11.5 Å². The first-order valence-corrected chi connectivity index (χ1v) is 7.14. The van der Waals surface area contributed by atoms with Crippen LogP contribution in [0.1, 0.15) is 22.3 Å². The second-order valence-corrected chi connectivity index (χ2v) is 4.94. The largest absolute Gasteiger partial charge is 0.318 e. The van der Waals surface area contributed by atoms with E-state index in [1.165, 1.54) is 0 Å². The highest BCUT2D eigenvalue weighted by atomic mass is 32.1. The number of nitrogens with one attached hydrogen (secondary N) is 1. The van der Waals surface area contributed by atoms with E-state index >= 15 is 0 Å². The molecule has 8 heteroatoms. The molecule has 1 N–H and O–H groups in total. The van der Waals surface area contributed by atoms with E-state index in [9.17, 15) is 4.79 Å². The Hall–Kier alpha value is -2.61. The van der Waals surface area contributed by atoms with Gasteiger partial charge in [0.2, 0.25) is 0 Å². The number of nitrogens with zero attached hydrogens (tertiary/aromatic N) is 5. The molecule has 0 radical (unpaired) electrons. The van der Waals surface area contributed by atoms with Crippen molar-refractivity contribution in [2.24, 2.45) is 0 Å². The van der Waals surface area contributed by atoms with Gasteiger partial charge in [-0.1, -0.05) is 11.4 Å². The molecule has 0 unspecified atom stereocenters. The fourth-order valence-corrected chi connectivity index (χ4v) is 2.51. The van der Waals surface area contributed by atoms with E-state index in [-0.39, 0.29) is 5.91 Å². The van der Waals surface area contributed by atoms with Crippen LogP contribution in [0, 0.1) is 0 Å². The highest BCUT2D eigenvalue weighted by Crippen LogP contribution is 2.19. The number of hydrogen-bond acceptors (Lipinski definition) is 6. The molecule has 1 amide bonds. The molecule has 21 heavy (non-hydrogen) atoms. The van der Waals surface area contributed by atoms with Crippen molar-refractivity contribution in [2.75, 3.05) is 5.32 Å². The van der Waals surface area contributed by atoms with Gasteiger partial charge < -0.3 is 5.32 Å². The zero-order valence-corrected chi connectivity index (χ0v) is 12.0. The lowest BCUT2D eigenvalue weighted by molar-refractivity contribution is 0.102. The molecule has 106 valence electrons. The molecule has 3 aromatic rings. The Morgan fingerprint density at radius 3 is 3.05 bits per heavy atom. The summed E-state index contributed by atoms with van der Waals surface area (Å²) in [5.74, 6) is 0.328. The van der Waals surface area contributed by atoms with E-state index in [0.29, 0.717) is 28.5 Å². The first kappa shape index (κ1) is 13.4. The van der Waals surface area contributed by atoms with Crippen LogP contribution in [0.15, 0.2) is 36.8 Å². The van der Waals surface area contributed by atoms with Gasteiger partial charge in [-0.2, -0.15) is 5.10 Å². The van der Waals surface area contributed by atoms with Crippen molar-refractivity contribution in [3.8, 4) is 5.82 Å². The van der Waals surface area contributed by atoms with Crippen LogP contribution in [-0.2, 0) is 6.42 Å². The Balaban J connectivity index is 1.91. The lowest BCUT2D eigenvalue weighted by Gasteiger charge is -2.09. The van der Waals surface area contributed by atoms with E-state index in [0.717, 1.165) is 11.5 Å². The summed E-state index contributed by atoms with van der Waals surface area (Å²) >= 11 is 1.09. The van der Waals surface area contributed by atoms with Crippen LogP contribution in [0.4, 0.5) is 5.69 Å². The fourth-order valence-electron chi connectivity index (χ4n) is 1.86. The molecule has 3 aromatic heterocycles. The van der Waals surface area contributed by atoms with Crippen LogP contribution in [0.2, 0.25) is 0 Å². The van der Waals surface area contributed by atoms with Gasteiger partial charge in [0.05, 0.1) is 11.4 Å². The maximum absolute atomic E-state index is 12.3. The average molecular weight is 300 g/mol. The van der Waals surface area contributed by atoms with Crippen molar-refractivity contribution in [3.63, 3.8) is 0 Å². The highest BCUT2D eigenvalue weighted by Gasteiger charge is 2.17. The van der Waals surface area contributed by atoms with Crippen LogP contribution in [0.5, 0.6) is 0 Å². The van der Waals surface area contributed by atoms with Crippen molar-refractivity contribution in [2.45, 2.75) is 13.3 Å². The van der Waals surface area contributed by atoms with E-state index in [1.54, 1.807) is 41.5 Å². The Morgan fingerprint density at radius 1 is 1.38 bits per heavy atom. The third-order valence-electron chi connectivity index (χ3n) is 2.85. The van der Waals surface area contributed by atoms with Gasteiger partial charge in [0.25, 0.3) is 5.91 Å². The maximum atomic E-state index is 12.3. The number of amides is 1. The Kier molecular flexibility index (Phi) is 3.69. The fraction of sp³-hybridized carbons (Fsp3) is 0.154. The molecule has 0 aromatic carbocycles. The smallest absolute Gasteiger partial charge is 0.269 e. The van der Waals surface area contributed by atoms with Crippen molar-refractivity contribution in [1.29, 1.82) is 0 Å². The first-order chi connectivity index (χ1) is 10.3. The summed E-state index contributed by atoms with van der Waals surface area (Å²) in [4.78, 5) is 17.1. The molecular formula is C13H12N6OS. The van der Waals surface area contributed by atoms with Crippen LogP contribution < -0.4 is 5.32 Å². The molecule has 0 aliphatic heterocycles. The summed E-state index contributed by atoms with van der Waals surface area (Å²) in [5.41, 5.74) is 1.28. The van der Waals surface area contributed by atoms with Crippen molar-refractivity contribution in [3.05, 3.63) is 47.4 Å². The highest BCUT2D eigenvalue weighted by molar-refractivity contribution is 7.08. The van der Waals surface area contributed by atoms with Gasteiger partial charge in [0.15, 0.2) is 5.82 Å². The topological polar surface area (TPSA) is 85.6 Å². The van der Waals surface area contributed by atoms with Crippen molar-refractivity contribution >= 4 is 23.1 Å². The molecule has 0 aliphatic carbocycles. The quantitative estimate of drug-likeness (QED) is 0.795. The summed E-state index contributed by atoms with van der Waals surface area (Å²) in [5, 5.41) is 10.9. The van der Waals surface area contributed by atoms with E-state index in [4.69, 9.17) is 0 Å². The third kappa shape index (κ3) is 2.65. The average Bonchev–Trinajstić information content (AvgIpc) is 3.19. The van der Waals surface area contributed by atoms with Crippen molar-refractivity contribution < 1.29 is 4.79 Å². The number of rotatable bonds is 4. The molecule has 0 aliphatic rings. The summed E-state index contributed by atoms with van der Waals surface area (Å²) < 4.78 is 5.42. The zero-order valence-electron chi connectivity index (χ0n) is 11.2. The minimum atomic E-state index is -0.233. The Morgan fingerprint density at radius 2 is 2.29 bits per heavy atom. The molecule has 3 heterocycles. The zero-order chi connectivity index (χ0) is 14.7. The monoisotopic (exact) mass is 300 g/mol. The second kappa shape index (κ2) is 5.80. The van der Waals surface area contributed by atoms with Crippen LogP contribution in [-0.4, -0.2) is 30.3 Å². The standard InChI is InChI=1S/C13H12N6OS/c1-2-9-11(21-18-17-9)13(20)16-10-5-3-6-14-12(10)19-8-4-7-15-19/h3-8H,2H2,1H3,(H,16,20). The number of aryl methyl sites for hydroxylation is 1. The first-order valence-electron chi connectivity index (χ1n) is 6.37. The predicted molar refractivity (Wildman–Crippen MR) is 78.6 cm³/mol. The van der Waals surface area contributed by atoms with Gasteiger partial charge in [0.1, 0.15) is 4.88 Å². The molecule has 7 nitrogen and oxygen atoms in total. The van der Waals surface area contributed by atoms with E-state index < -0.39 is 0 Å². The molecule has 0 saturated carbocycles. The lowest BCUT2D eigenvalue weighted by atomic mass is 10.3. The van der Waals surface area contributed by atoms with Gasteiger partial charge in [-0.05, 0) is 36.2 Å². The number of carbonyl (C=O) groups is 1. The molecule has 0 fully saturated rings. The molecular weight excluding hydrogens is 288 g/mol. The SMILES string of the molecule is CCc1nnsc1C(=O)Nc1cccnc1-n1cccn1. The van der Waals surface area contributed by atoms with Gasteiger partial charge in [-0.3, -0.25) is 4.79 Å². The maximum Gasteiger partial charge on any atom is 0.269 e. The minimum Gasteiger partial charge on any atom is -0.318 e. The van der Waals surface area contributed by atoms with Crippen LogP contribution in [0.25, 0.3) is 5.82 Å². The summed E-state index contributed by atoms with van der Waals surface area (Å²) in [7, 11) is 0. The molecule has 0 bridgehead atoms. The van der Waals surface area contributed by atoms with Gasteiger partial charge in [0, 0.05) is 18.6 Å². The predicted octanol–water partition coefficient (Wildman–Crippen LogP) is 1.93. The number of aromatic nitrogens is 5. The van der Waals surface area contributed by atoms with Crippen LogP contribution in [0.3, 0.4) is 0 Å². The number of hydrogen-bond donors (Lipinski definition) is 1. The van der Waals surface area contributed by atoms with Gasteiger partial charge in [-0.15, -0.1) is 5.10 Å². The molecule has 0 saturated heterocycles. The molecule has 0 spiro atoms. The van der Waals surface area contributed by atoms with E-state index in [2.05, 4.69) is 25.0 Å². The van der Waals surface area contributed by atoms with E-state index in [1.807, 2.05) is 6.92 Å².